The van der Waals surface area contributed by atoms with Crippen molar-refractivity contribution in [3.05, 3.63) is 47.7 Å². The third-order valence-electron chi connectivity index (χ3n) is 4.65. The fourth-order valence-electron chi connectivity index (χ4n) is 3.30. The summed E-state index contributed by atoms with van der Waals surface area (Å²) in [6, 6.07) is 8.64. The van der Waals surface area contributed by atoms with E-state index in [1.54, 1.807) is 29.3 Å². The second-order valence-corrected chi connectivity index (χ2v) is 8.74. The molecule has 0 fully saturated rings. The summed E-state index contributed by atoms with van der Waals surface area (Å²) in [6.45, 7) is 3.64. The van der Waals surface area contributed by atoms with Crippen LogP contribution in [0.15, 0.2) is 41.4 Å². The van der Waals surface area contributed by atoms with Crippen molar-refractivity contribution in [1.29, 1.82) is 0 Å². The number of aromatic nitrogens is 1. The van der Waals surface area contributed by atoms with E-state index in [2.05, 4.69) is 9.71 Å². The second kappa shape index (κ2) is 7.28. The van der Waals surface area contributed by atoms with Crippen LogP contribution in [0.2, 0.25) is 0 Å². The summed E-state index contributed by atoms with van der Waals surface area (Å²) in [4.78, 5) is 19.9. The number of anilines is 2. The highest BCUT2D eigenvalue weighted by Crippen LogP contribution is 2.33. The molecule has 27 heavy (non-hydrogen) atoms. The van der Waals surface area contributed by atoms with Gasteiger partial charge in [0.15, 0.2) is 0 Å². The van der Waals surface area contributed by atoms with Crippen LogP contribution in [0.3, 0.4) is 0 Å². The third kappa shape index (κ3) is 3.96. The highest BCUT2D eigenvalue weighted by atomic mass is 32.2. The zero-order chi connectivity index (χ0) is 19.8. The van der Waals surface area contributed by atoms with Crippen molar-refractivity contribution in [2.45, 2.75) is 37.8 Å². The second-order valence-electron chi connectivity index (χ2n) is 6.98. The summed E-state index contributed by atoms with van der Waals surface area (Å²) in [5.74, 6) is 0.771. The summed E-state index contributed by atoms with van der Waals surface area (Å²) in [5, 5.41) is 0. The molecule has 1 N–H and O–H groups in total. The summed E-state index contributed by atoms with van der Waals surface area (Å²) in [7, 11) is 0.138. The van der Waals surface area contributed by atoms with Gasteiger partial charge in [0.05, 0.1) is 4.90 Å². The summed E-state index contributed by atoms with van der Waals surface area (Å²) >= 11 is 0. The number of nitrogens with one attached hydrogen (secondary N) is 1. The van der Waals surface area contributed by atoms with E-state index in [1.807, 2.05) is 38.1 Å². The molecule has 1 aromatic heterocycles. The van der Waals surface area contributed by atoms with Gasteiger partial charge in [-0.15, -0.1) is 0 Å². The first-order valence-corrected chi connectivity index (χ1v) is 10.2. The lowest BCUT2D eigenvalue weighted by atomic mass is 10.1. The first kappa shape index (κ1) is 19.3. The van der Waals surface area contributed by atoms with E-state index in [0.717, 1.165) is 22.6 Å². The standard InChI is InChI=1S/C19H24N4O3S/c1-13-9-16-10-17(6-7-18(16)23(13)14(2)24)27(25,26)21-12-15-5-8-19(20-11-15)22(3)4/h5-8,10-11,13,21H,9,12H2,1-4H3. The Morgan fingerprint density at radius 2 is 2.04 bits per heavy atom. The van der Waals surface area contributed by atoms with Gasteiger partial charge in [-0.05, 0) is 48.7 Å². The smallest absolute Gasteiger partial charge is 0.240 e. The maximum Gasteiger partial charge on any atom is 0.240 e. The zero-order valence-electron chi connectivity index (χ0n) is 15.9. The predicted molar refractivity (Wildman–Crippen MR) is 105 cm³/mol. The van der Waals surface area contributed by atoms with Crippen LogP contribution in [0.25, 0.3) is 0 Å². The lowest BCUT2D eigenvalue weighted by Crippen LogP contribution is -2.33. The number of hydrogen-bond acceptors (Lipinski definition) is 5. The number of carbonyl (C=O) groups excluding carboxylic acids is 1. The van der Waals surface area contributed by atoms with Gasteiger partial charge in [0, 0.05) is 45.5 Å². The zero-order valence-corrected chi connectivity index (χ0v) is 16.7. The minimum absolute atomic E-state index is 0.0321. The third-order valence-corrected chi connectivity index (χ3v) is 6.05. The van der Waals surface area contributed by atoms with Crippen LogP contribution in [0.1, 0.15) is 25.0 Å². The molecule has 0 aliphatic carbocycles. The molecule has 2 heterocycles. The molecule has 0 saturated heterocycles. The van der Waals surface area contributed by atoms with Crippen molar-refractivity contribution in [1.82, 2.24) is 9.71 Å². The van der Waals surface area contributed by atoms with E-state index in [1.165, 1.54) is 6.92 Å². The Hall–Kier alpha value is -2.45. The quantitative estimate of drug-likeness (QED) is 0.846. The molecule has 1 aromatic carbocycles. The average Bonchev–Trinajstić information content (AvgIpc) is 2.95. The Kier molecular flexibility index (Phi) is 5.21. The van der Waals surface area contributed by atoms with E-state index in [0.29, 0.717) is 6.42 Å². The van der Waals surface area contributed by atoms with Gasteiger partial charge in [0.2, 0.25) is 15.9 Å². The van der Waals surface area contributed by atoms with Crippen LogP contribution < -0.4 is 14.5 Å². The Balaban J connectivity index is 1.76. The van der Waals surface area contributed by atoms with Gasteiger partial charge < -0.3 is 9.80 Å². The Morgan fingerprint density at radius 1 is 1.30 bits per heavy atom. The molecule has 0 radical (unpaired) electrons. The van der Waals surface area contributed by atoms with Crippen molar-refractivity contribution in [3.8, 4) is 0 Å². The largest absolute Gasteiger partial charge is 0.363 e. The predicted octanol–water partition coefficient (Wildman–Crippen LogP) is 1.92. The molecular formula is C19H24N4O3S. The molecule has 7 nitrogen and oxygen atoms in total. The molecule has 1 aliphatic rings. The molecule has 1 aliphatic heterocycles. The highest BCUT2D eigenvalue weighted by molar-refractivity contribution is 7.89. The molecule has 1 amide bonds. The normalized spacial score (nSPS) is 16.3. The lowest BCUT2D eigenvalue weighted by molar-refractivity contribution is -0.116. The van der Waals surface area contributed by atoms with Crippen LogP contribution >= 0.6 is 0 Å². The molecule has 0 spiro atoms. The molecule has 8 heteroatoms. The SMILES string of the molecule is CC(=O)N1c2ccc(S(=O)(=O)NCc3ccc(N(C)C)nc3)cc2CC1C. The molecule has 1 atom stereocenters. The van der Waals surface area contributed by atoms with Crippen molar-refractivity contribution < 1.29 is 13.2 Å². The fourth-order valence-corrected chi connectivity index (χ4v) is 4.37. The van der Waals surface area contributed by atoms with E-state index in [-0.39, 0.29) is 23.4 Å². The number of rotatable bonds is 5. The minimum Gasteiger partial charge on any atom is -0.363 e. The van der Waals surface area contributed by atoms with Gasteiger partial charge in [-0.2, -0.15) is 0 Å². The maximum atomic E-state index is 12.7. The minimum atomic E-state index is -3.65. The van der Waals surface area contributed by atoms with E-state index >= 15 is 0 Å². The fraction of sp³-hybridized carbons (Fsp3) is 0.368. The number of hydrogen-bond donors (Lipinski definition) is 1. The summed E-state index contributed by atoms with van der Waals surface area (Å²) < 4.78 is 27.9. The number of fused-ring (bicyclic) bond motifs is 1. The number of amides is 1. The van der Waals surface area contributed by atoms with Crippen LogP contribution in [0, 0.1) is 0 Å². The van der Waals surface area contributed by atoms with Gasteiger partial charge >= 0.3 is 0 Å². The molecule has 0 saturated carbocycles. The maximum absolute atomic E-state index is 12.7. The van der Waals surface area contributed by atoms with Crippen LogP contribution in [-0.2, 0) is 27.8 Å². The van der Waals surface area contributed by atoms with Crippen molar-refractivity contribution in [2.75, 3.05) is 23.9 Å². The molecular weight excluding hydrogens is 364 g/mol. The molecule has 3 rings (SSSR count). The average molecular weight is 388 g/mol. The van der Waals surface area contributed by atoms with Crippen LogP contribution in [-0.4, -0.2) is 39.4 Å². The number of nitrogens with zero attached hydrogens (tertiary/aromatic N) is 3. The number of pyridine rings is 1. The molecule has 144 valence electrons. The van der Waals surface area contributed by atoms with Gasteiger partial charge in [0.25, 0.3) is 0 Å². The lowest BCUT2D eigenvalue weighted by Gasteiger charge is -2.20. The Bertz CT molecular complexity index is 955. The van der Waals surface area contributed by atoms with Crippen molar-refractivity contribution >= 4 is 27.4 Å². The first-order chi connectivity index (χ1) is 12.7. The number of benzene rings is 1. The van der Waals surface area contributed by atoms with Crippen LogP contribution in [0.4, 0.5) is 11.5 Å². The van der Waals surface area contributed by atoms with Gasteiger partial charge in [-0.3, -0.25) is 4.79 Å². The summed E-state index contributed by atoms with van der Waals surface area (Å²) in [6.07, 6.45) is 2.31. The van der Waals surface area contributed by atoms with Crippen molar-refractivity contribution in [2.24, 2.45) is 0 Å². The van der Waals surface area contributed by atoms with Gasteiger partial charge in [-0.1, -0.05) is 6.07 Å². The molecule has 0 bridgehead atoms. The van der Waals surface area contributed by atoms with E-state index in [9.17, 15) is 13.2 Å². The van der Waals surface area contributed by atoms with Gasteiger partial charge in [-0.25, -0.2) is 18.1 Å². The topological polar surface area (TPSA) is 82.6 Å². The number of carbonyl (C=O) groups is 1. The number of sulfonamides is 1. The molecule has 2 aromatic rings. The highest BCUT2D eigenvalue weighted by Gasteiger charge is 2.30. The summed E-state index contributed by atoms with van der Waals surface area (Å²) in [5.41, 5.74) is 2.44. The Morgan fingerprint density at radius 3 is 2.63 bits per heavy atom. The van der Waals surface area contributed by atoms with E-state index < -0.39 is 10.0 Å². The van der Waals surface area contributed by atoms with E-state index in [4.69, 9.17) is 0 Å². The monoisotopic (exact) mass is 388 g/mol. The molecule has 1 unspecified atom stereocenters. The van der Waals surface area contributed by atoms with Gasteiger partial charge in [0.1, 0.15) is 5.82 Å². The van der Waals surface area contributed by atoms with Crippen molar-refractivity contribution in [3.63, 3.8) is 0 Å². The van der Waals surface area contributed by atoms with Crippen LogP contribution in [0.5, 0.6) is 0 Å². The first-order valence-electron chi connectivity index (χ1n) is 8.73. The Labute approximate surface area is 160 Å².